The fourth-order valence-corrected chi connectivity index (χ4v) is 3.50. The maximum atomic E-state index is 12.2. The number of allylic oxidation sites excluding steroid dienone is 1. The molecule has 18 heavy (non-hydrogen) atoms. The molecule has 2 rings (SSSR count). The average molecular weight is 277 g/mol. The van der Waals surface area contributed by atoms with Gasteiger partial charge in [0, 0.05) is 35.6 Å². The summed E-state index contributed by atoms with van der Waals surface area (Å²) in [6, 6.07) is 8.04. The Morgan fingerprint density at radius 2 is 2.00 bits per heavy atom. The number of ketones is 1. The van der Waals surface area contributed by atoms with Crippen LogP contribution in [0.5, 0.6) is 0 Å². The third-order valence-electron chi connectivity index (χ3n) is 2.40. The number of Topliss-reactive ketones (excluding diaryl/α,β-unsaturated/α-hetero) is 1. The van der Waals surface area contributed by atoms with E-state index in [1.165, 1.54) is 4.88 Å². The minimum absolute atomic E-state index is 0.108. The van der Waals surface area contributed by atoms with Gasteiger partial charge in [-0.2, -0.15) is 0 Å². The predicted octanol–water partition coefficient (Wildman–Crippen LogP) is 4.12. The number of hydrogen-bond acceptors (Lipinski definition) is 4. The van der Waals surface area contributed by atoms with Crippen LogP contribution >= 0.6 is 22.7 Å². The standard InChI is InChI=1S/C14H15NOS2/c1-10(9-15(2)3)14(16)13-7-6-12(18-13)11-5-4-8-17-11/h4-9H,1-3H3/b10-9+. The molecule has 2 nitrogen and oxygen atoms in total. The molecule has 0 unspecified atom stereocenters. The maximum absolute atomic E-state index is 12.2. The van der Waals surface area contributed by atoms with Crippen molar-refractivity contribution in [3.8, 4) is 9.75 Å². The smallest absolute Gasteiger partial charge is 0.200 e. The Labute approximate surface area is 115 Å². The highest BCUT2D eigenvalue weighted by atomic mass is 32.1. The molecule has 0 radical (unpaired) electrons. The van der Waals surface area contributed by atoms with Gasteiger partial charge in [0.2, 0.25) is 0 Å². The van der Waals surface area contributed by atoms with Gasteiger partial charge in [-0.15, -0.1) is 22.7 Å². The zero-order chi connectivity index (χ0) is 13.1. The second kappa shape index (κ2) is 5.50. The normalized spacial score (nSPS) is 11.6. The maximum Gasteiger partial charge on any atom is 0.200 e. The Balaban J connectivity index is 2.23. The molecular formula is C14H15NOS2. The molecule has 0 aliphatic rings. The second-order valence-corrected chi connectivity index (χ2v) is 6.28. The van der Waals surface area contributed by atoms with Crippen molar-refractivity contribution >= 4 is 28.5 Å². The van der Waals surface area contributed by atoms with Gasteiger partial charge < -0.3 is 4.90 Å². The van der Waals surface area contributed by atoms with Crippen LogP contribution in [0.4, 0.5) is 0 Å². The van der Waals surface area contributed by atoms with Crippen LogP contribution in [0, 0.1) is 0 Å². The summed E-state index contributed by atoms with van der Waals surface area (Å²) < 4.78 is 0. The lowest BCUT2D eigenvalue weighted by atomic mass is 10.2. The Bertz CT molecular complexity index is 564. The van der Waals surface area contributed by atoms with Crippen LogP contribution in [0.15, 0.2) is 41.4 Å². The third kappa shape index (κ3) is 2.89. The first-order chi connectivity index (χ1) is 8.58. The molecular weight excluding hydrogens is 262 g/mol. The largest absolute Gasteiger partial charge is 0.383 e. The van der Waals surface area contributed by atoms with Crippen molar-refractivity contribution in [1.29, 1.82) is 0 Å². The van der Waals surface area contributed by atoms with Gasteiger partial charge in [0.25, 0.3) is 0 Å². The van der Waals surface area contributed by atoms with E-state index in [1.54, 1.807) is 22.7 Å². The Morgan fingerprint density at radius 1 is 1.22 bits per heavy atom. The highest BCUT2D eigenvalue weighted by Crippen LogP contribution is 2.32. The van der Waals surface area contributed by atoms with E-state index in [-0.39, 0.29) is 5.78 Å². The molecule has 4 heteroatoms. The fraction of sp³-hybridized carbons (Fsp3) is 0.214. The van der Waals surface area contributed by atoms with Crippen molar-refractivity contribution in [3.63, 3.8) is 0 Å². The highest BCUT2D eigenvalue weighted by Gasteiger charge is 2.12. The predicted molar refractivity (Wildman–Crippen MR) is 79.4 cm³/mol. The summed E-state index contributed by atoms with van der Waals surface area (Å²) in [6.07, 6.45) is 1.85. The van der Waals surface area contributed by atoms with E-state index in [2.05, 4.69) is 6.07 Å². The molecule has 0 atom stereocenters. The lowest BCUT2D eigenvalue weighted by Crippen LogP contribution is -2.06. The molecule has 0 aromatic carbocycles. The fourth-order valence-electron chi connectivity index (χ4n) is 1.65. The van der Waals surface area contributed by atoms with Crippen LogP contribution in [-0.4, -0.2) is 24.8 Å². The lowest BCUT2D eigenvalue weighted by molar-refractivity contribution is 0.103. The van der Waals surface area contributed by atoms with E-state index in [0.29, 0.717) is 0 Å². The van der Waals surface area contributed by atoms with Crippen molar-refractivity contribution in [2.45, 2.75) is 6.92 Å². The monoisotopic (exact) mass is 277 g/mol. The Kier molecular flexibility index (Phi) is 3.99. The molecule has 0 bridgehead atoms. The number of hydrogen-bond donors (Lipinski definition) is 0. The van der Waals surface area contributed by atoms with Gasteiger partial charge in [-0.25, -0.2) is 0 Å². The molecule has 0 saturated heterocycles. The van der Waals surface area contributed by atoms with E-state index in [0.717, 1.165) is 15.3 Å². The summed E-state index contributed by atoms with van der Waals surface area (Å²) in [6.45, 7) is 1.85. The van der Waals surface area contributed by atoms with Gasteiger partial charge >= 0.3 is 0 Å². The lowest BCUT2D eigenvalue weighted by Gasteiger charge is -2.06. The van der Waals surface area contributed by atoms with Crippen LogP contribution < -0.4 is 0 Å². The molecule has 2 aromatic rings. The first-order valence-electron chi connectivity index (χ1n) is 5.61. The van der Waals surface area contributed by atoms with Crippen LogP contribution in [0.25, 0.3) is 9.75 Å². The van der Waals surface area contributed by atoms with Crippen molar-refractivity contribution < 1.29 is 4.79 Å². The molecule has 2 aromatic heterocycles. The number of thiophene rings is 2. The first kappa shape index (κ1) is 13.1. The van der Waals surface area contributed by atoms with E-state index in [1.807, 2.05) is 55.7 Å². The summed E-state index contributed by atoms with van der Waals surface area (Å²) in [7, 11) is 3.84. The number of rotatable bonds is 4. The molecule has 0 spiro atoms. The van der Waals surface area contributed by atoms with E-state index in [9.17, 15) is 4.79 Å². The van der Waals surface area contributed by atoms with Gasteiger partial charge in [-0.1, -0.05) is 6.07 Å². The van der Waals surface area contributed by atoms with Gasteiger partial charge in [-0.3, -0.25) is 4.79 Å². The summed E-state index contributed by atoms with van der Waals surface area (Å²) in [5, 5.41) is 2.05. The molecule has 2 heterocycles. The molecule has 0 aliphatic heterocycles. The Hall–Kier alpha value is -1.39. The van der Waals surface area contributed by atoms with Crippen molar-refractivity contribution in [2.75, 3.05) is 14.1 Å². The quantitative estimate of drug-likeness (QED) is 0.619. The SMILES string of the molecule is C/C(=C\N(C)C)C(=O)c1ccc(-c2cccs2)s1. The third-order valence-corrected chi connectivity index (χ3v) is 4.55. The zero-order valence-corrected chi connectivity index (χ0v) is 12.3. The number of carbonyl (C=O) groups is 1. The van der Waals surface area contributed by atoms with Crippen LogP contribution in [0.1, 0.15) is 16.6 Å². The van der Waals surface area contributed by atoms with Gasteiger partial charge in [0.05, 0.1) is 4.88 Å². The van der Waals surface area contributed by atoms with E-state index in [4.69, 9.17) is 0 Å². The number of carbonyl (C=O) groups excluding carboxylic acids is 1. The van der Waals surface area contributed by atoms with E-state index < -0.39 is 0 Å². The van der Waals surface area contributed by atoms with Gasteiger partial charge in [0.15, 0.2) is 5.78 Å². The average Bonchev–Trinajstić information content (AvgIpc) is 2.97. The van der Waals surface area contributed by atoms with Crippen molar-refractivity contribution in [2.24, 2.45) is 0 Å². The molecule has 0 aliphatic carbocycles. The molecule has 0 fully saturated rings. The van der Waals surface area contributed by atoms with Gasteiger partial charge in [0.1, 0.15) is 0 Å². The molecule has 0 saturated carbocycles. The minimum Gasteiger partial charge on any atom is -0.383 e. The molecule has 0 amide bonds. The number of nitrogens with zero attached hydrogens (tertiary/aromatic N) is 1. The Morgan fingerprint density at radius 3 is 2.61 bits per heavy atom. The van der Waals surface area contributed by atoms with Crippen molar-refractivity contribution in [1.82, 2.24) is 4.90 Å². The van der Waals surface area contributed by atoms with Crippen LogP contribution in [0.3, 0.4) is 0 Å². The summed E-state index contributed by atoms with van der Waals surface area (Å²) >= 11 is 3.25. The molecule has 0 N–H and O–H groups in total. The summed E-state index contributed by atoms with van der Waals surface area (Å²) in [5.74, 6) is 0.108. The highest BCUT2D eigenvalue weighted by molar-refractivity contribution is 7.22. The van der Waals surface area contributed by atoms with Crippen LogP contribution in [-0.2, 0) is 0 Å². The molecule has 94 valence electrons. The van der Waals surface area contributed by atoms with E-state index >= 15 is 0 Å². The summed E-state index contributed by atoms with van der Waals surface area (Å²) in [4.78, 5) is 17.2. The first-order valence-corrected chi connectivity index (χ1v) is 7.31. The minimum atomic E-state index is 0.108. The van der Waals surface area contributed by atoms with Gasteiger partial charge in [-0.05, 0) is 30.5 Å². The second-order valence-electron chi connectivity index (χ2n) is 4.25. The zero-order valence-electron chi connectivity index (χ0n) is 10.6. The summed E-state index contributed by atoms with van der Waals surface area (Å²) in [5.41, 5.74) is 0.763. The van der Waals surface area contributed by atoms with Crippen LogP contribution in [0.2, 0.25) is 0 Å². The topological polar surface area (TPSA) is 20.3 Å². The van der Waals surface area contributed by atoms with Crippen molar-refractivity contribution in [3.05, 3.63) is 46.3 Å².